The van der Waals surface area contributed by atoms with Crippen LogP contribution in [0.3, 0.4) is 0 Å². The fraction of sp³-hybridized carbons (Fsp3) is 0.300. The van der Waals surface area contributed by atoms with Gasteiger partial charge in [-0.05, 0) is 30.5 Å². The molecular weight excluding hydrogens is 454 g/mol. The number of carbonyl (C=O) groups is 1. The molecule has 1 unspecified atom stereocenters. The van der Waals surface area contributed by atoms with Crippen LogP contribution in [0.25, 0.3) is 5.41 Å². The predicted molar refractivity (Wildman–Crippen MR) is 136 cm³/mol. The smallest absolute Gasteiger partial charge is 0.164 e. The zero-order valence-corrected chi connectivity index (χ0v) is 20.2. The molecule has 2 aliphatic rings. The molecule has 2 heterocycles. The Morgan fingerprint density at radius 2 is 1.36 bits per heavy atom. The lowest BCUT2D eigenvalue weighted by atomic mass is 9.80. The number of fused-ring (bicyclic) bond motifs is 1. The molecule has 5 rings (SSSR count). The second kappa shape index (κ2) is 9.94. The Kier molecular flexibility index (Phi) is 6.71. The first-order chi connectivity index (χ1) is 17.5. The van der Waals surface area contributed by atoms with Gasteiger partial charge in [0.05, 0.1) is 6.61 Å². The van der Waals surface area contributed by atoms with Crippen molar-refractivity contribution in [2.45, 2.75) is 49.7 Å². The van der Waals surface area contributed by atoms with Crippen molar-refractivity contribution in [2.75, 3.05) is 6.61 Å². The highest BCUT2D eigenvalue weighted by Gasteiger charge is 2.56. The summed E-state index contributed by atoms with van der Waals surface area (Å²) in [6.45, 7) is 3.78. The molecular formula is C30H28NO5-. The van der Waals surface area contributed by atoms with Crippen LogP contribution in [0.5, 0.6) is 0 Å². The Hall–Kier alpha value is -3.38. The van der Waals surface area contributed by atoms with Crippen molar-refractivity contribution in [1.82, 2.24) is 0 Å². The molecule has 0 aromatic heterocycles. The number of ether oxygens (including phenoxy) is 4. The first-order valence-corrected chi connectivity index (χ1v) is 12.0. The summed E-state index contributed by atoms with van der Waals surface area (Å²) in [5.74, 6) is 1.08. The Morgan fingerprint density at radius 1 is 0.889 bits per heavy atom. The van der Waals surface area contributed by atoms with E-state index in [0.29, 0.717) is 6.29 Å². The summed E-state index contributed by atoms with van der Waals surface area (Å²) in [5.41, 5.74) is 1.95. The van der Waals surface area contributed by atoms with Crippen molar-refractivity contribution < 1.29 is 23.7 Å². The molecule has 6 heteroatoms. The van der Waals surface area contributed by atoms with Gasteiger partial charge in [0.2, 0.25) is 0 Å². The molecule has 36 heavy (non-hydrogen) atoms. The normalized spacial score (nSPS) is 24.6. The van der Waals surface area contributed by atoms with E-state index in [1.807, 2.05) is 111 Å². The van der Waals surface area contributed by atoms with Gasteiger partial charge in [0.25, 0.3) is 0 Å². The molecule has 2 saturated heterocycles. The van der Waals surface area contributed by atoms with E-state index in [1.165, 1.54) is 0 Å². The summed E-state index contributed by atoms with van der Waals surface area (Å²) in [5, 5.41) is 9.50. The van der Waals surface area contributed by atoms with Crippen molar-refractivity contribution in [2.24, 2.45) is 0 Å². The van der Waals surface area contributed by atoms with Crippen molar-refractivity contribution in [1.29, 1.82) is 0 Å². The van der Waals surface area contributed by atoms with Gasteiger partial charge >= 0.3 is 0 Å². The van der Waals surface area contributed by atoms with Crippen LogP contribution >= 0.6 is 0 Å². The predicted octanol–water partition coefficient (Wildman–Crippen LogP) is 4.65. The fourth-order valence-electron chi connectivity index (χ4n) is 5.20. The maximum Gasteiger partial charge on any atom is 0.164 e. The standard InChI is InChI=1S/C30H28NO5/c1-29(2)35-27-25(34-26(28(27)36-29)21(18-31)19-32)20-33-30(22-12-6-3-7-13-22,23-14-8-4-9-15-23)24-16-10-5-11-17-24/h3-17,19,25-28H,20H2,1-2H3/q-1/t25-,26?,27-,28+/m1/s1. The first kappa shape index (κ1) is 24.3. The van der Waals surface area contributed by atoms with Gasteiger partial charge in [-0.1, -0.05) is 91.0 Å². The summed E-state index contributed by atoms with van der Waals surface area (Å²) in [4.78, 5) is 11.6. The molecule has 0 saturated carbocycles. The molecule has 0 spiro atoms. The summed E-state index contributed by atoms with van der Waals surface area (Å²) < 4.78 is 25.3. The molecule has 184 valence electrons. The van der Waals surface area contributed by atoms with Crippen LogP contribution in [0.15, 0.2) is 96.6 Å². The van der Waals surface area contributed by atoms with Crippen LogP contribution < -0.4 is 0 Å². The molecule has 4 atom stereocenters. The third kappa shape index (κ3) is 4.35. The SMILES string of the molecule is CC1(C)O[C@@H]2[C@@H](COC(c3ccccc3)(c3ccccc3)c3ccccc3)OC(C(=C=[N-])C=O)[C@@H]2O1. The van der Waals surface area contributed by atoms with Gasteiger partial charge in [-0.3, -0.25) is 10.7 Å². The van der Waals surface area contributed by atoms with Gasteiger partial charge in [0.15, 0.2) is 12.1 Å². The van der Waals surface area contributed by atoms with E-state index in [9.17, 15) is 10.2 Å². The van der Waals surface area contributed by atoms with E-state index in [4.69, 9.17) is 18.9 Å². The minimum atomic E-state index is -0.928. The Morgan fingerprint density at radius 3 is 1.81 bits per heavy atom. The topological polar surface area (TPSA) is 76.3 Å². The highest BCUT2D eigenvalue weighted by molar-refractivity contribution is 5.89. The number of hydrogen-bond donors (Lipinski definition) is 0. The van der Waals surface area contributed by atoms with E-state index < -0.39 is 35.8 Å². The fourth-order valence-corrected chi connectivity index (χ4v) is 5.20. The lowest BCUT2D eigenvalue weighted by Crippen LogP contribution is -2.39. The Bertz CT molecular complexity index is 1140. The van der Waals surface area contributed by atoms with E-state index in [-0.39, 0.29) is 12.2 Å². The van der Waals surface area contributed by atoms with Crippen molar-refractivity contribution in [3.63, 3.8) is 0 Å². The molecule has 0 amide bonds. The Balaban J connectivity index is 1.56. The lowest BCUT2D eigenvalue weighted by Gasteiger charge is -2.37. The van der Waals surface area contributed by atoms with Gasteiger partial charge in [0, 0.05) is 5.57 Å². The monoisotopic (exact) mass is 482 g/mol. The highest BCUT2D eigenvalue weighted by Crippen LogP contribution is 2.44. The van der Waals surface area contributed by atoms with Crippen LogP contribution in [-0.4, -0.2) is 49.0 Å². The molecule has 3 aromatic carbocycles. The van der Waals surface area contributed by atoms with Crippen LogP contribution in [0.2, 0.25) is 0 Å². The minimum absolute atomic E-state index is 0.0192. The first-order valence-electron chi connectivity index (χ1n) is 12.0. The van der Waals surface area contributed by atoms with E-state index in [2.05, 4.69) is 0 Å². The lowest BCUT2D eigenvalue weighted by molar-refractivity contribution is -0.191. The van der Waals surface area contributed by atoms with Gasteiger partial charge in [-0.2, -0.15) is 0 Å². The average Bonchev–Trinajstić information content (AvgIpc) is 3.40. The second-order valence-electron chi connectivity index (χ2n) is 9.44. The third-order valence-electron chi connectivity index (χ3n) is 6.72. The van der Waals surface area contributed by atoms with Crippen molar-refractivity contribution in [3.05, 3.63) is 119 Å². The van der Waals surface area contributed by atoms with Crippen LogP contribution in [-0.2, 0) is 29.3 Å². The van der Waals surface area contributed by atoms with Crippen LogP contribution in [0, 0.1) is 0 Å². The van der Waals surface area contributed by atoms with Crippen molar-refractivity contribution >= 4 is 12.2 Å². The molecule has 0 aliphatic carbocycles. The maximum absolute atomic E-state index is 11.6. The molecule has 0 N–H and O–H groups in total. The van der Waals surface area contributed by atoms with Crippen molar-refractivity contribution in [3.8, 4) is 0 Å². The van der Waals surface area contributed by atoms with E-state index in [0.717, 1.165) is 16.7 Å². The van der Waals surface area contributed by atoms with Crippen LogP contribution in [0.1, 0.15) is 30.5 Å². The number of nitrogens with zero attached hydrogens (tertiary/aromatic N) is 1. The molecule has 0 bridgehead atoms. The molecule has 6 nitrogen and oxygen atoms in total. The summed E-state index contributed by atoms with van der Waals surface area (Å²) in [6, 6.07) is 30.2. The zero-order valence-electron chi connectivity index (χ0n) is 20.2. The maximum atomic E-state index is 11.6. The van der Waals surface area contributed by atoms with Gasteiger partial charge in [-0.15, -0.1) is 0 Å². The minimum Gasteiger partial charge on any atom is -0.763 e. The summed E-state index contributed by atoms with van der Waals surface area (Å²) >= 11 is 0. The molecule has 3 aromatic rings. The molecule has 0 radical (unpaired) electrons. The van der Waals surface area contributed by atoms with Gasteiger partial charge in [0.1, 0.15) is 30.0 Å². The summed E-state index contributed by atoms with van der Waals surface area (Å²) in [6.07, 6.45) is -1.91. The second-order valence-corrected chi connectivity index (χ2v) is 9.44. The molecule has 2 fully saturated rings. The van der Waals surface area contributed by atoms with E-state index in [1.54, 1.807) is 0 Å². The molecule has 2 aliphatic heterocycles. The summed E-state index contributed by atoms with van der Waals surface area (Å²) in [7, 11) is 0. The number of hydrogen-bond acceptors (Lipinski definition) is 5. The number of aldehydes is 1. The largest absolute Gasteiger partial charge is 0.763 e. The number of rotatable bonds is 8. The number of carbonyl (C=O) groups excluding carboxylic acids is 1. The van der Waals surface area contributed by atoms with Crippen LogP contribution in [0.4, 0.5) is 0 Å². The zero-order chi connectivity index (χ0) is 25.2. The Labute approximate surface area is 211 Å². The van der Waals surface area contributed by atoms with Gasteiger partial charge < -0.3 is 24.4 Å². The highest BCUT2D eigenvalue weighted by atomic mass is 16.8. The quantitative estimate of drug-likeness (QED) is 0.202. The third-order valence-corrected chi connectivity index (χ3v) is 6.72. The number of benzene rings is 3. The average molecular weight is 483 g/mol. The van der Waals surface area contributed by atoms with Gasteiger partial charge in [-0.25, -0.2) is 0 Å². The van der Waals surface area contributed by atoms with E-state index >= 15 is 0 Å².